The fraction of sp³-hybridized carbons (Fsp3) is 0.238. The maximum Gasteiger partial charge on any atom is 0.227 e. The zero-order valence-electron chi connectivity index (χ0n) is 15.1. The van der Waals surface area contributed by atoms with Crippen LogP contribution in [0.3, 0.4) is 0 Å². The van der Waals surface area contributed by atoms with Gasteiger partial charge in [-0.25, -0.2) is 4.98 Å². The Morgan fingerprint density at radius 3 is 2.81 bits per heavy atom. The lowest BCUT2D eigenvalue weighted by Crippen LogP contribution is -2.32. The number of carbonyl (C=O) groups is 1. The van der Waals surface area contributed by atoms with E-state index in [1.165, 1.54) is 0 Å². The van der Waals surface area contributed by atoms with Gasteiger partial charge in [-0.1, -0.05) is 24.3 Å². The van der Waals surface area contributed by atoms with Gasteiger partial charge in [-0.3, -0.25) is 4.79 Å². The highest BCUT2D eigenvalue weighted by Gasteiger charge is 2.17. The number of pyridine rings is 1. The van der Waals surface area contributed by atoms with Crippen molar-refractivity contribution in [2.45, 2.75) is 19.9 Å². The van der Waals surface area contributed by atoms with E-state index in [-0.39, 0.29) is 5.91 Å². The third-order valence-electron chi connectivity index (χ3n) is 4.90. The van der Waals surface area contributed by atoms with Gasteiger partial charge in [0.2, 0.25) is 5.91 Å². The van der Waals surface area contributed by atoms with E-state index in [1.807, 2.05) is 66.0 Å². The van der Waals surface area contributed by atoms with Gasteiger partial charge in [-0.15, -0.1) is 0 Å². The number of hydrogen-bond acceptors (Lipinski definition) is 2. The van der Waals surface area contributed by atoms with Gasteiger partial charge in [0.05, 0.1) is 24.9 Å². The van der Waals surface area contributed by atoms with Crippen LogP contribution in [0.15, 0.2) is 61.1 Å². The maximum atomic E-state index is 12.9. The molecule has 26 heavy (non-hydrogen) atoms. The summed E-state index contributed by atoms with van der Waals surface area (Å²) >= 11 is 0. The number of amides is 1. The second-order valence-corrected chi connectivity index (χ2v) is 6.55. The quantitative estimate of drug-likeness (QED) is 0.556. The van der Waals surface area contributed by atoms with E-state index in [4.69, 9.17) is 0 Å². The van der Waals surface area contributed by atoms with Gasteiger partial charge >= 0.3 is 0 Å². The minimum absolute atomic E-state index is 0.134. The predicted octanol–water partition coefficient (Wildman–Crippen LogP) is 3.42. The maximum absolute atomic E-state index is 12.9. The summed E-state index contributed by atoms with van der Waals surface area (Å²) in [5.41, 5.74) is 4.15. The second kappa shape index (κ2) is 6.67. The fourth-order valence-electron chi connectivity index (χ4n) is 3.52. The number of fused-ring (bicyclic) bond motifs is 2. The molecule has 3 heterocycles. The van der Waals surface area contributed by atoms with Crippen LogP contribution in [0.2, 0.25) is 0 Å². The van der Waals surface area contributed by atoms with Crippen molar-refractivity contribution in [1.82, 2.24) is 18.9 Å². The van der Waals surface area contributed by atoms with Crippen molar-refractivity contribution in [2.75, 3.05) is 6.54 Å². The lowest BCUT2D eigenvalue weighted by atomic mass is 10.1. The first-order valence-corrected chi connectivity index (χ1v) is 8.89. The molecule has 0 radical (unpaired) electrons. The normalized spacial score (nSPS) is 11.3. The van der Waals surface area contributed by atoms with Crippen molar-refractivity contribution < 1.29 is 4.79 Å². The molecule has 5 nitrogen and oxygen atoms in total. The summed E-state index contributed by atoms with van der Waals surface area (Å²) in [6.07, 6.45) is 6.31. The Morgan fingerprint density at radius 1 is 1.15 bits per heavy atom. The van der Waals surface area contributed by atoms with E-state index in [0.29, 0.717) is 19.5 Å². The zero-order chi connectivity index (χ0) is 18.1. The number of benzene rings is 1. The Balaban J connectivity index is 1.57. The highest BCUT2D eigenvalue weighted by Crippen LogP contribution is 2.21. The largest absolute Gasteiger partial charge is 0.350 e. The summed E-state index contributed by atoms with van der Waals surface area (Å²) in [5, 5.41) is 1.15. The van der Waals surface area contributed by atoms with Gasteiger partial charge in [0, 0.05) is 36.9 Å². The molecule has 0 saturated heterocycles. The molecular formula is C21H22N4O. The van der Waals surface area contributed by atoms with Crippen LogP contribution in [0, 0.1) is 0 Å². The molecule has 4 aromatic rings. The number of nitrogens with zero attached hydrogens (tertiary/aromatic N) is 4. The molecule has 1 amide bonds. The Morgan fingerprint density at radius 2 is 1.96 bits per heavy atom. The van der Waals surface area contributed by atoms with Crippen LogP contribution in [0.5, 0.6) is 0 Å². The first-order valence-electron chi connectivity index (χ1n) is 8.89. The zero-order valence-corrected chi connectivity index (χ0v) is 15.1. The molecule has 0 atom stereocenters. The molecule has 0 fully saturated rings. The van der Waals surface area contributed by atoms with Crippen molar-refractivity contribution in [2.24, 2.45) is 7.05 Å². The first kappa shape index (κ1) is 16.4. The lowest BCUT2D eigenvalue weighted by Gasteiger charge is -2.20. The number of likely N-dealkylation sites (N-methyl/N-ethyl adjacent to an activating group) is 1. The number of aryl methyl sites for hydroxylation is 1. The lowest BCUT2D eigenvalue weighted by molar-refractivity contribution is -0.130. The molecule has 132 valence electrons. The molecule has 1 aromatic carbocycles. The van der Waals surface area contributed by atoms with Gasteiger partial charge in [0.15, 0.2) is 0 Å². The molecule has 0 spiro atoms. The summed E-state index contributed by atoms with van der Waals surface area (Å²) in [7, 11) is 2.02. The molecule has 0 aliphatic rings. The van der Waals surface area contributed by atoms with E-state index in [0.717, 1.165) is 27.8 Å². The third kappa shape index (κ3) is 2.86. The number of imidazole rings is 1. The Bertz CT molecular complexity index is 1080. The molecule has 0 unspecified atom stereocenters. The van der Waals surface area contributed by atoms with Gasteiger partial charge in [-0.05, 0) is 30.7 Å². The summed E-state index contributed by atoms with van der Waals surface area (Å²) in [6, 6.07) is 14.1. The minimum Gasteiger partial charge on any atom is -0.350 e. The molecule has 4 rings (SSSR count). The smallest absolute Gasteiger partial charge is 0.227 e. The van der Waals surface area contributed by atoms with Gasteiger partial charge in [0.1, 0.15) is 5.65 Å². The summed E-state index contributed by atoms with van der Waals surface area (Å²) in [5.74, 6) is 0.134. The number of hydrogen-bond donors (Lipinski definition) is 0. The van der Waals surface area contributed by atoms with Gasteiger partial charge in [0.25, 0.3) is 0 Å². The van der Waals surface area contributed by atoms with Crippen LogP contribution in [0.4, 0.5) is 0 Å². The number of para-hydroxylation sites is 1. The van der Waals surface area contributed by atoms with Crippen molar-refractivity contribution in [3.05, 3.63) is 72.3 Å². The van der Waals surface area contributed by atoms with Crippen molar-refractivity contribution >= 4 is 22.5 Å². The van der Waals surface area contributed by atoms with Crippen LogP contribution >= 0.6 is 0 Å². The van der Waals surface area contributed by atoms with E-state index in [2.05, 4.69) is 27.9 Å². The van der Waals surface area contributed by atoms with Crippen LogP contribution in [-0.4, -0.2) is 31.3 Å². The topological polar surface area (TPSA) is 42.5 Å². The van der Waals surface area contributed by atoms with Crippen molar-refractivity contribution in [3.63, 3.8) is 0 Å². The molecule has 5 heteroatoms. The highest BCUT2D eigenvalue weighted by molar-refractivity contribution is 5.89. The molecule has 3 aromatic heterocycles. The SMILES string of the molecule is CCN(Cc1cnc2ccccn12)C(=O)Cc1cn(C)c2ccccc12. The monoisotopic (exact) mass is 346 g/mol. The van der Waals surface area contributed by atoms with E-state index < -0.39 is 0 Å². The van der Waals surface area contributed by atoms with Gasteiger partial charge < -0.3 is 13.9 Å². The average molecular weight is 346 g/mol. The Kier molecular flexibility index (Phi) is 4.21. The number of aromatic nitrogens is 3. The van der Waals surface area contributed by atoms with E-state index >= 15 is 0 Å². The van der Waals surface area contributed by atoms with Crippen molar-refractivity contribution in [3.8, 4) is 0 Å². The molecule has 0 aliphatic carbocycles. The van der Waals surface area contributed by atoms with Crippen LogP contribution in [0.1, 0.15) is 18.2 Å². The van der Waals surface area contributed by atoms with Crippen LogP contribution < -0.4 is 0 Å². The predicted molar refractivity (Wildman–Crippen MR) is 103 cm³/mol. The first-order chi connectivity index (χ1) is 12.7. The molecule has 0 saturated carbocycles. The summed E-state index contributed by atoms with van der Waals surface area (Å²) in [4.78, 5) is 19.2. The molecular weight excluding hydrogens is 324 g/mol. The summed E-state index contributed by atoms with van der Waals surface area (Å²) in [6.45, 7) is 3.25. The standard InChI is InChI=1S/C21H22N4O/c1-3-24(15-17-13-22-20-10-6-7-11-25(17)20)21(26)12-16-14-23(2)19-9-5-4-8-18(16)19/h4-11,13-14H,3,12,15H2,1-2H3. The Labute approximate surface area is 152 Å². The fourth-order valence-corrected chi connectivity index (χ4v) is 3.52. The molecule has 0 bridgehead atoms. The van der Waals surface area contributed by atoms with E-state index in [1.54, 1.807) is 0 Å². The second-order valence-electron chi connectivity index (χ2n) is 6.55. The number of carbonyl (C=O) groups excluding carboxylic acids is 1. The molecule has 0 aliphatic heterocycles. The van der Waals surface area contributed by atoms with Gasteiger partial charge in [-0.2, -0.15) is 0 Å². The highest BCUT2D eigenvalue weighted by atomic mass is 16.2. The summed E-state index contributed by atoms with van der Waals surface area (Å²) < 4.78 is 4.12. The average Bonchev–Trinajstić information content (AvgIpc) is 3.21. The minimum atomic E-state index is 0.134. The van der Waals surface area contributed by atoms with E-state index in [9.17, 15) is 4.79 Å². The third-order valence-corrected chi connectivity index (χ3v) is 4.90. The Hall–Kier alpha value is -3.08. The number of rotatable bonds is 5. The van der Waals surface area contributed by atoms with Crippen LogP contribution in [0.25, 0.3) is 16.6 Å². The molecule has 0 N–H and O–H groups in total. The van der Waals surface area contributed by atoms with Crippen molar-refractivity contribution in [1.29, 1.82) is 0 Å². The van der Waals surface area contributed by atoms with Crippen LogP contribution in [-0.2, 0) is 24.8 Å².